The highest BCUT2D eigenvalue weighted by Gasteiger charge is 2.51. The fourth-order valence-electron chi connectivity index (χ4n) is 3.42. The average molecular weight is 510 g/mol. The zero-order valence-electron chi connectivity index (χ0n) is 20.4. The first kappa shape index (κ1) is 28.5. The minimum absolute atomic E-state index is 0.0127. The summed E-state index contributed by atoms with van der Waals surface area (Å²) in [5, 5.41) is 4.87. The van der Waals surface area contributed by atoms with Crippen molar-refractivity contribution in [2.75, 3.05) is 20.3 Å². The van der Waals surface area contributed by atoms with E-state index in [0.29, 0.717) is 0 Å². The molecule has 1 heterocycles. The Morgan fingerprint density at radius 1 is 0.889 bits per heavy atom. The Morgan fingerprint density at radius 2 is 1.53 bits per heavy atom. The summed E-state index contributed by atoms with van der Waals surface area (Å²) in [6, 6.07) is 7.81. The van der Waals surface area contributed by atoms with Gasteiger partial charge in [0, 0.05) is 27.9 Å². The van der Waals surface area contributed by atoms with Gasteiger partial charge in [0.25, 0.3) is 0 Å². The summed E-state index contributed by atoms with van der Waals surface area (Å²) in [6.07, 6.45) is -5.58. The van der Waals surface area contributed by atoms with E-state index in [9.17, 15) is 24.0 Å². The Kier molecular flexibility index (Phi) is 11.1. The van der Waals surface area contributed by atoms with Crippen molar-refractivity contribution < 1.29 is 52.4 Å². The van der Waals surface area contributed by atoms with Gasteiger partial charge in [0.2, 0.25) is 5.91 Å². The van der Waals surface area contributed by atoms with E-state index in [1.54, 1.807) is 24.3 Å². The van der Waals surface area contributed by atoms with E-state index in [-0.39, 0.29) is 13.2 Å². The summed E-state index contributed by atoms with van der Waals surface area (Å²) in [5.74, 6) is -2.77. The first-order valence-electron chi connectivity index (χ1n) is 11.0. The van der Waals surface area contributed by atoms with Crippen molar-refractivity contribution in [3.8, 4) is 0 Å². The van der Waals surface area contributed by atoms with E-state index in [0.717, 1.165) is 19.4 Å². The zero-order valence-corrected chi connectivity index (χ0v) is 20.4. The zero-order chi connectivity index (χ0) is 26.7. The Bertz CT molecular complexity index is 924. The second kappa shape index (κ2) is 14.0. The number of hydrogen-bond donors (Lipinski definition) is 2. The van der Waals surface area contributed by atoms with Gasteiger partial charge in [-0.25, -0.2) is 4.79 Å². The van der Waals surface area contributed by atoms with E-state index in [2.05, 4.69) is 10.6 Å². The maximum Gasteiger partial charge on any atom is 0.407 e. The smallest absolute Gasteiger partial charge is 0.407 e. The van der Waals surface area contributed by atoms with Crippen molar-refractivity contribution in [2.45, 2.75) is 58.0 Å². The molecule has 13 nitrogen and oxygen atoms in total. The van der Waals surface area contributed by atoms with Crippen LogP contribution in [0.25, 0.3) is 0 Å². The molecule has 1 aliphatic rings. The molecule has 0 aliphatic carbocycles. The Balaban J connectivity index is 2.08. The molecule has 0 unspecified atom stereocenters. The number of rotatable bonds is 10. The first-order chi connectivity index (χ1) is 17.1. The number of nitrogens with one attached hydrogen (secondary N) is 2. The summed E-state index contributed by atoms with van der Waals surface area (Å²) in [4.78, 5) is 59.4. The van der Waals surface area contributed by atoms with Crippen molar-refractivity contribution >= 4 is 29.9 Å². The molecule has 0 radical (unpaired) electrons. The lowest BCUT2D eigenvalue weighted by atomic mass is 9.96. The molecule has 5 atom stereocenters. The maximum atomic E-state index is 12.6. The number of amides is 2. The molecule has 0 bridgehead atoms. The highest BCUT2D eigenvalue weighted by molar-refractivity contribution is 5.82. The Hall–Kier alpha value is -3.71. The first-order valence-corrected chi connectivity index (χ1v) is 11.0. The molecule has 0 aromatic heterocycles. The fourth-order valence-corrected chi connectivity index (χ4v) is 3.42. The quantitative estimate of drug-likeness (QED) is 0.326. The maximum absolute atomic E-state index is 12.6. The standard InChI is InChI=1S/C23H30N2O11/c1-13(26)32-12-17-20(34-14(2)27)21(35-15(3)28)19(22(31-4)36-17)25-18(29)10-24-23(30)33-11-16-8-6-5-7-9-16/h5-9,17,19-22H,10-12H2,1-4H3,(H,24,30)(H,25,29)/t17-,19-,20-,21-,22-/m1/s1. The van der Waals surface area contributed by atoms with E-state index < -0.39 is 67.1 Å². The molecule has 0 spiro atoms. The molecule has 1 aromatic carbocycles. The van der Waals surface area contributed by atoms with Gasteiger partial charge in [0.15, 0.2) is 18.5 Å². The monoisotopic (exact) mass is 510 g/mol. The highest BCUT2D eigenvalue weighted by atomic mass is 16.7. The van der Waals surface area contributed by atoms with Gasteiger partial charge in [-0.2, -0.15) is 0 Å². The number of carbonyl (C=O) groups excluding carboxylic acids is 5. The van der Waals surface area contributed by atoms with Crippen LogP contribution in [0.5, 0.6) is 0 Å². The molecule has 13 heteroatoms. The second-order valence-electron chi connectivity index (χ2n) is 7.74. The van der Waals surface area contributed by atoms with Crippen molar-refractivity contribution in [1.82, 2.24) is 10.6 Å². The number of methoxy groups -OCH3 is 1. The minimum atomic E-state index is -1.26. The van der Waals surface area contributed by atoms with Crippen LogP contribution in [0.1, 0.15) is 26.3 Å². The Labute approximate surface area is 207 Å². The van der Waals surface area contributed by atoms with Crippen LogP contribution in [0.4, 0.5) is 4.79 Å². The number of ether oxygens (including phenoxy) is 6. The second-order valence-corrected chi connectivity index (χ2v) is 7.74. The third-order valence-corrected chi connectivity index (χ3v) is 4.87. The number of benzene rings is 1. The number of carbonyl (C=O) groups is 5. The van der Waals surface area contributed by atoms with Gasteiger partial charge in [0.1, 0.15) is 31.9 Å². The van der Waals surface area contributed by atoms with Gasteiger partial charge in [-0.05, 0) is 5.56 Å². The van der Waals surface area contributed by atoms with Gasteiger partial charge in [-0.1, -0.05) is 30.3 Å². The molecule has 1 fully saturated rings. The van der Waals surface area contributed by atoms with Crippen LogP contribution >= 0.6 is 0 Å². The van der Waals surface area contributed by atoms with Crippen LogP contribution in [0.3, 0.4) is 0 Å². The van der Waals surface area contributed by atoms with E-state index in [4.69, 9.17) is 28.4 Å². The van der Waals surface area contributed by atoms with Crippen LogP contribution < -0.4 is 10.6 Å². The normalized spacial score (nSPS) is 23.1. The van der Waals surface area contributed by atoms with Gasteiger partial charge >= 0.3 is 24.0 Å². The highest BCUT2D eigenvalue weighted by Crippen LogP contribution is 2.27. The van der Waals surface area contributed by atoms with Crippen molar-refractivity contribution in [1.29, 1.82) is 0 Å². The minimum Gasteiger partial charge on any atom is -0.463 e. The van der Waals surface area contributed by atoms with Crippen LogP contribution in [0.15, 0.2) is 30.3 Å². The molecule has 0 saturated carbocycles. The summed E-state index contributed by atoms with van der Waals surface area (Å²) >= 11 is 0. The van der Waals surface area contributed by atoms with E-state index in [1.807, 2.05) is 6.07 Å². The largest absolute Gasteiger partial charge is 0.463 e. The van der Waals surface area contributed by atoms with Crippen LogP contribution in [-0.2, 0) is 54.2 Å². The lowest BCUT2D eigenvalue weighted by Crippen LogP contribution is -2.67. The van der Waals surface area contributed by atoms with Crippen molar-refractivity contribution in [3.05, 3.63) is 35.9 Å². The van der Waals surface area contributed by atoms with Crippen molar-refractivity contribution in [2.24, 2.45) is 0 Å². The fraction of sp³-hybridized carbons (Fsp3) is 0.522. The molecule has 1 saturated heterocycles. The summed E-state index contributed by atoms with van der Waals surface area (Å²) < 4.78 is 31.7. The molecule has 2 rings (SSSR count). The number of hydrogen-bond acceptors (Lipinski definition) is 11. The van der Waals surface area contributed by atoms with Crippen LogP contribution in [0, 0.1) is 0 Å². The van der Waals surface area contributed by atoms with Gasteiger partial charge < -0.3 is 39.1 Å². The lowest BCUT2D eigenvalue weighted by Gasteiger charge is -2.44. The van der Waals surface area contributed by atoms with E-state index >= 15 is 0 Å². The third-order valence-electron chi connectivity index (χ3n) is 4.87. The van der Waals surface area contributed by atoms with Gasteiger partial charge in [-0.3, -0.25) is 19.2 Å². The predicted octanol–water partition coefficient (Wildman–Crippen LogP) is 0.195. The van der Waals surface area contributed by atoms with Crippen LogP contribution in [0.2, 0.25) is 0 Å². The molecule has 1 aliphatic heterocycles. The van der Waals surface area contributed by atoms with Crippen molar-refractivity contribution in [3.63, 3.8) is 0 Å². The summed E-state index contributed by atoms with van der Waals surface area (Å²) in [5.41, 5.74) is 0.767. The molecular weight excluding hydrogens is 480 g/mol. The summed E-state index contributed by atoms with van der Waals surface area (Å²) in [6.45, 7) is 2.64. The SMILES string of the molecule is CO[C@@H]1O[C@H](COC(C)=O)[C@@H](OC(C)=O)[C@H](OC(C)=O)[C@H]1NC(=O)CNC(=O)OCc1ccccc1. The topological polar surface area (TPSA) is 165 Å². The lowest BCUT2D eigenvalue weighted by molar-refractivity contribution is -0.271. The van der Waals surface area contributed by atoms with Gasteiger partial charge in [0.05, 0.1) is 0 Å². The number of esters is 3. The predicted molar refractivity (Wildman–Crippen MR) is 120 cm³/mol. The Morgan fingerprint density at radius 3 is 2.11 bits per heavy atom. The third kappa shape index (κ3) is 9.15. The molecular formula is C23H30N2O11. The average Bonchev–Trinajstić information content (AvgIpc) is 2.82. The molecule has 2 amide bonds. The molecule has 36 heavy (non-hydrogen) atoms. The van der Waals surface area contributed by atoms with E-state index in [1.165, 1.54) is 14.0 Å². The van der Waals surface area contributed by atoms with Gasteiger partial charge in [-0.15, -0.1) is 0 Å². The van der Waals surface area contributed by atoms with Crippen LogP contribution in [-0.4, -0.2) is 80.8 Å². The molecule has 1 aromatic rings. The molecule has 2 N–H and O–H groups in total. The summed E-state index contributed by atoms with van der Waals surface area (Å²) in [7, 11) is 1.28. The number of alkyl carbamates (subject to hydrolysis) is 1. The molecule has 198 valence electrons.